The number of hydrogen-bond acceptors (Lipinski definition) is 2. The Balaban J connectivity index is 0.874. The van der Waals surface area contributed by atoms with Crippen molar-refractivity contribution in [2.24, 2.45) is 0 Å². The number of fused-ring (bicyclic) bond motifs is 2. The summed E-state index contributed by atoms with van der Waals surface area (Å²) in [4.78, 5) is 2.36. The van der Waals surface area contributed by atoms with Gasteiger partial charge in [-0.2, -0.15) is 0 Å². The standard InChI is InChI=1S/C67H47NO/c1-46-59-21-11-12-28-66(59)69-67(46)55-20-13-19-54(45-55)49-31-29-47(30-32-49)48-33-39-56(40-34-48)68(57-41-35-52(36-42-57)61-27-14-18-51-17-5-6-22-60(51)61)58-43-37-53(38-44-58)63-24-8-10-26-65(63)64-25-9-7-23-62(64)50-15-3-2-4-16-50/h2-45H,1H3. The van der Waals surface area contributed by atoms with Gasteiger partial charge in [-0.05, 0) is 133 Å². The van der Waals surface area contributed by atoms with E-state index in [0.717, 1.165) is 67.2 Å². The Hall–Kier alpha value is -8.98. The molecule has 0 amide bonds. The van der Waals surface area contributed by atoms with Gasteiger partial charge in [-0.15, -0.1) is 0 Å². The van der Waals surface area contributed by atoms with E-state index in [4.69, 9.17) is 4.42 Å². The fourth-order valence-corrected chi connectivity index (χ4v) is 10.0. The second-order valence-corrected chi connectivity index (χ2v) is 17.7. The maximum Gasteiger partial charge on any atom is 0.138 e. The van der Waals surface area contributed by atoms with Crippen molar-refractivity contribution in [2.75, 3.05) is 4.90 Å². The summed E-state index contributed by atoms with van der Waals surface area (Å²) in [6.07, 6.45) is 0. The van der Waals surface area contributed by atoms with Crippen molar-refractivity contribution in [2.45, 2.75) is 6.92 Å². The molecule has 0 saturated heterocycles. The van der Waals surface area contributed by atoms with Crippen LogP contribution in [0.25, 0.3) is 99.8 Å². The Kier molecular flexibility index (Phi) is 10.8. The summed E-state index contributed by atoms with van der Waals surface area (Å²) in [5.74, 6) is 0.923. The summed E-state index contributed by atoms with van der Waals surface area (Å²) < 4.78 is 6.33. The molecule has 0 spiro atoms. The van der Waals surface area contributed by atoms with Crippen molar-refractivity contribution in [3.63, 3.8) is 0 Å². The van der Waals surface area contributed by atoms with E-state index < -0.39 is 0 Å². The van der Waals surface area contributed by atoms with Gasteiger partial charge >= 0.3 is 0 Å². The van der Waals surface area contributed by atoms with Gasteiger partial charge in [0.15, 0.2) is 0 Å². The van der Waals surface area contributed by atoms with Crippen LogP contribution in [0.2, 0.25) is 0 Å². The highest BCUT2D eigenvalue weighted by Gasteiger charge is 2.17. The van der Waals surface area contributed by atoms with Crippen LogP contribution in [0, 0.1) is 6.92 Å². The van der Waals surface area contributed by atoms with E-state index in [1.807, 2.05) is 12.1 Å². The highest BCUT2D eigenvalue weighted by atomic mass is 16.3. The minimum absolute atomic E-state index is 0.917. The maximum atomic E-state index is 6.33. The Morgan fingerprint density at radius 2 is 0.667 bits per heavy atom. The molecule has 2 nitrogen and oxygen atoms in total. The lowest BCUT2D eigenvalue weighted by Crippen LogP contribution is -2.09. The number of benzene rings is 11. The third-order valence-electron chi connectivity index (χ3n) is 13.5. The predicted octanol–water partition coefficient (Wildman–Crippen LogP) is 19.0. The highest BCUT2D eigenvalue weighted by molar-refractivity contribution is 5.97. The van der Waals surface area contributed by atoms with Crippen LogP contribution in [0.3, 0.4) is 0 Å². The van der Waals surface area contributed by atoms with Crippen LogP contribution in [0.5, 0.6) is 0 Å². The monoisotopic (exact) mass is 881 g/mol. The molecule has 0 N–H and O–H groups in total. The van der Waals surface area contributed by atoms with E-state index in [1.54, 1.807) is 0 Å². The number of nitrogens with zero attached hydrogens (tertiary/aromatic N) is 1. The van der Waals surface area contributed by atoms with E-state index in [2.05, 4.69) is 267 Å². The van der Waals surface area contributed by atoms with E-state index in [-0.39, 0.29) is 0 Å². The first kappa shape index (κ1) is 41.5. The van der Waals surface area contributed by atoms with Gasteiger partial charge in [0, 0.05) is 33.6 Å². The quantitative estimate of drug-likeness (QED) is 0.136. The van der Waals surface area contributed by atoms with Crippen molar-refractivity contribution in [1.29, 1.82) is 0 Å². The van der Waals surface area contributed by atoms with Crippen molar-refractivity contribution in [3.8, 4) is 78.1 Å². The molecule has 326 valence electrons. The normalized spacial score (nSPS) is 11.3. The van der Waals surface area contributed by atoms with Gasteiger partial charge in [-0.25, -0.2) is 0 Å². The van der Waals surface area contributed by atoms with Crippen LogP contribution in [0.15, 0.2) is 271 Å². The molecular weight excluding hydrogens is 835 g/mol. The largest absolute Gasteiger partial charge is 0.456 e. The van der Waals surface area contributed by atoms with Gasteiger partial charge < -0.3 is 9.32 Å². The number of para-hydroxylation sites is 1. The molecule has 69 heavy (non-hydrogen) atoms. The van der Waals surface area contributed by atoms with Crippen molar-refractivity contribution in [1.82, 2.24) is 0 Å². The molecule has 0 saturated carbocycles. The highest BCUT2D eigenvalue weighted by Crippen LogP contribution is 2.42. The third kappa shape index (κ3) is 7.99. The second-order valence-electron chi connectivity index (χ2n) is 17.7. The van der Waals surface area contributed by atoms with Gasteiger partial charge in [0.25, 0.3) is 0 Å². The van der Waals surface area contributed by atoms with Gasteiger partial charge in [0.05, 0.1) is 0 Å². The summed E-state index contributed by atoms with van der Waals surface area (Å²) in [5, 5.41) is 3.65. The lowest BCUT2D eigenvalue weighted by molar-refractivity contribution is 0.629. The topological polar surface area (TPSA) is 16.4 Å². The minimum atomic E-state index is 0.917. The molecule has 0 aliphatic carbocycles. The van der Waals surface area contributed by atoms with Crippen molar-refractivity contribution < 1.29 is 4.42 Å². The van der Waals surface area contributed by atoms with E-state index in [0.29, 0.717) is 0 Å². The van der Waals surface area contributed by atoms with Crippen LogP contribution in [0.4, 0.5) is 17.1 Å². The molecule has 12 aromatic rings. The average Bonchev–Trinajstić information content (AvgIpc) is 3.77. The van der Waals surface area contributed by atoms with Crippen LogP contribution < -0.4 is 4.90 Å². The van der Waals surface area contributed by atoms with Gasteiger partial charge in [-0.1, -0.05) is 218 Å². The summed E-state index contributed by atoms with van der Waals surface area (Å²) >= 11 is 0. The molecule has 0 unspecified atom stereocenters. The Morgan fingerprint density at radius 3 is 1.28 bits per heavy atom. The molecule has 0 aliphatic rings. The zero-order valence-corrected chi connectivity index (χ0v) is 38.3. The minimum Gasteiger partial charge on any atom is -0.456 e. The summed E-state index contributed by atoms with van der Waals surface area (Å²) in [7, 11) is 0. The predicted molar refractivity (Wildman–Crippen MR) is 291 cm³/mol. The van der Waals surface area contributed by atoms with Crippen LogP contribution >= 0.6 is 0 Å². The Morgan fingerprint density at radius 1 is 0.275 bits per heavy atom. The summed E-state index contributed by atoms with van der Waals surface area (Å²) in [5.41, 5.74) is 20.7. The first-order valence-corrected chi connectivity index (χ1v) is 23.7. The zero-order chi connectivity index (χ0) is 46.1. The van der Waals surface area contributed by atoms with E-state index in [1.165, 1.54) is 55.3 Å². The van der Waals surface area contributed by atoms with E-state index in [9.17, 15) is 0 Å². The van der Waals surface area contributed by atoms with Gasteiger partial charge in [-0.3, -0.25) is 0 Å². The molecule has 0 bridgehead atoms. The molecule has 0 fully saturated rings. The molecular formula is C67H47NO. The number of rotatable bonds is 10. The van der Waals surface area contributed by atoms with Crippen molar-refractivity contribution in [3.05, 3.63) is 272 Å². The molecule has 0 atom stereocenters. The lowest BCUT2D eigenvalue weighted by Gasteiger charge is -2.26. The average molecular weight is 882 g/mol. The Labute approximate surface area is 403 Å². The molecule has 0 aliphatic heterocycles. The second kappa shape index (κ2) is 18.0. The number of aryl methyl sites for hydroxylation is 1. The lowest BCUT2D eigenvalue weighted by atomic mass is 9.89. The molecule has 2 heteroatoms. The Bertz CT molecular complexity index is 3750. The SMILES string of the molecule is Cc1c(-c2cccc(-c3ccc(-c4ccc(N(c5ccc(-c6ccccc6-c6ccccc6-c6ccccc6)cc5)c5ccc(-c6cccc7ccccc67)cc5)cc4)cc3)c2)oc2ccccc12. The number of anilines is 3. The first-order chi connectivity index (χ1) is 34.1. The smallest absolute Gasteiger partial charge is 0.138 e. The number of hydrogen-bond donors (Lipinski definition) is 0. The van der Waals surface area contributed by atoms with E-state index >= 15 is 0 Å². The molecule has 0 radical (unpaired) electrons. The van der Waals surface area contributed by atoms with Crippen LogP contribution in [0.1, 0.15) is 5.56 Å². The third-order valence-corrected chi connectivity index (χ3v) is 13.5. The summed E-state index contributed by atoms with van der Waals surface area (Å²) in [6, 6.07) is 96.1. The van der Waals surface area contributed by atoms with Crippen LogP contribution in [-0.4, -0.2) is 0 Å². The number of furan rings is 1. The first-order valence-electron chi connectivity index (χ1n) is 23.7. The molecule has 1 aromatic heterocycles. The van der Waals surface area contributed by atoms with Gasteiger partial charge in [0.2, 0.25) is 0 Å². The van der Waals surface area contributed by atoms with Gasteiger partial charge in [0.1, 0.15) is 11.3 Å². The fourth-order valence-electron chi connectivity index (χ4n) is 10.0. The fraction of sp³-hybridized carbons (Fsp3) is 0.0149. The van der Waals surface area contributed by atoms with Crippen molar-refractivity contribution >= 4 is 38.8 Å². The maximum absolute atomic E-state index is 6.33. The molecule has 12 rings (SSSR count). The molecule has 1 heterocycles. The molecule has 11 aromatic carbocycles. The summed E-state index contributed by atoms with van der Waals surface area (Å²) in [6.45, 7) is 2.14. The zero-order valence-electron chi connectivity index (χ0n) is 38.3. The van der Waals surface area contributed by atoms with Crippen LogP contribution in [-0.2, 0) is 0 Å².